The molecule has 0 unspecified atom stereocenters. The van der Waals surface area contributed by atoms with Crippen LogP contribution in [-0.4, -0.2) is 55.0 Å². The Morgan fingerprint density at radius 2 is 1.95 bits per heavy atom. The highest BCUT2D eigenvalue weighted by molar-refractivity contribution is 6.54. The largest absolute Gasteiger partial charge is 0.378 e. The van der Waals surface area contributed by atoms with Crippen LogP contribution in [0.15, 0.2) is 26.5 Å². The Labute approximate surface area is 111 Å². The Hall–Kier alpha value is -1.89. The Balaban J connectivity index is 1.72. The molecule has 3 aliphatic heterocycles. The molecule has 0 atom stereocenters. The maximum Gasteiger partial charge on any atom is 0.177 e. The van der Waals surface area contributed by atoms with Crippen LogP contribution >= 0.6 is 0 Å². The summed E-state index contributed by atoms with van der Waals surface area (Å²) in [6.45, 7) is 3.99. The molecule has 3 heterocycles. The SMILES string of the molecule is C1CN(C2=NNCC3=C4C(=NNN=C24)CC3)CCO1. The fourth-order valence-electron chi connectivity index (χ4n) is 2.93. The van der Waals surface area contributed by atoms with Gasteiger partial charge >= 0.3 is 0 Å². The van der Waals surface area contributed by atoms with E-state index in [1.54, 1.807) is 0 Å². The van der Waals surface area contributed by atoms with Crippen molar-refractivity contribution in [1.82, 2.24) is 15.9 Å². The lowest BCUT2D eigenvalue weighted by atomic mass is 10.0. The van der Waals surface area contributed by atoms with Gasteiger partial charge in [0.15, 0.2) is 5.84 Å². The predicted octanol–water partition coefficient (Wildman–Crippen LogP) is -0.359. The summed E-state index contributed by atoms with van der Waals surface area (Å²) in [5.74, 6) is 0.912. The molecule has 4 rings (SSSR count). The second-order valence-electron chi connectivity index (χ2n) is 4.97. The number of hydrogen-bond acceptors (Lipinski definition) is 7. The first kappa shape index (κ1) is 11.0. The minimum absolute atomic E-state index is 0.743. The Morgan fingerprint density at radius 1 is 1.05 bits per heavy atom. The van der Waals surface area contributed by atoms with Crippen molar-refractivity contribution in [1.29, 1.82) is 0 Å². The third kappa shape index (κ3) is 1.73. The summed E-state index contributed by atoms with van der Waals surface area (Å²) in [6, 6.07) is 0. The summed E-state index contributed by atoms with van der Waals surface area (Å²) >= 11 is 0. The minimum Gasteiger partial charge on any atom is -0.378 e. The van der Waals surface area contributed by atoms with Crippen LogP contribution in [0.4, 0.5) is 0 Å². The van der Waals surface area contributed by atoms with Crippen molar-refractivity contribution < 1.29 is 4.74 Å². The summed E-state index contributed by atoms with van der Waals surface area (Å²) in [4.78, 5) is 2.23. The Morgan fingerprint density at radius 3 is 2.84 bits per heavy atom. The molecule has 19 heavy (non-hydrogen) atoms. The van der Waals surface area contributed by atoms with Crippen molar-refractivity contribution in [2.75, 3.05) is 32.8 Å². The monoisotopic (exact) mass is 260 g/mol. The van der Waals surface area contributed by atoms with Gasteiger partial charge in [-0.25, -0.2) is 0 Å². The zero-order valence-electron chi connectivity index (χ0n) is 10.6. The van der Waals surface area contributed by atoms with Crippen LogP contribution in [-0.2, 0) is 4.74 Å². The lowest BCUT2D eigenvalue weighted by Crippen LogP contribution is -2.46. The zero-order valence-corrected chi connectivity index (χ0v) is 10.6. The molecule has 1 saturated heterocycles. The van der Waals surface area contributed by atoms with E-state index < -0.39 is 0 Å². The highest BCUT2D eigenvalue weighted by atomic mass is 16.5. The van der Waals surface area contributed by atoms with E-state index in [2.05, 4.69) is 31.2 Å². The molecule has 4 aliphatic rings. The van der Waals surface area contributed by atoms with Gasteiger partial charge in [0.1, 0.15) is 5.71 Å². The molecule has 0 saturated carbocycles. The average molecular weight is 260 g/mol. The first-order valence-corrected chi connectivity index (χ1v) is 6.69. The molecule has 7 heteroatoms. The molecule has 1 aliphatic carbocycles. The van der Waals surface area contributed by atoms with Gasteiger partial charge in [-0.3, -0.25) is 0 Å². The summed E-state index contributed by atoms with van der Waals surface area (Å²) in [7, 11) is 0. The molecule has 0 bridgehead atoms. The molecule has 7 nitrogen and oxygen atoms in total. The van der Waals surface area contributed by atoms with E-state index in [1.807, 2.05) is 0 Å². The maximum atomic E-state index is 5.40. The standard InChI is InChI=1S/C12H16N6O/c1-2-9-10-8(1)7-13-16-12(11(10)15-17-14-9)18-3-5-19-6-4-18/h13,17H,1-7H2. The van der Waals surface area contributed by atoms with E-state index in [4.69, 9.17) is 4.74 Å². The van der Waals surface area contributed by atoms with Gasteiger partial charge < -0.3 is 15.1 Å². The molecular formula is C12H16N6O. The normalized spacial score (nSPS) is 25.7. The van der Waals surface area contributed by atoms with E-state index in [9.17, 15) is 0 Å². The third-order valence-electron chi connectivity index (χ3n) is 3.89. The van der Waals surface area contributed by atoms with Gasteiger partial charge in [-0.15, -0.1) is 0 Å². The van der Waals surface area contributed by atoms with Crippen molar-refractivity contribution in [3.63, 3.8) is 0 Å². The van der Waals surface area contributed by atoms with E-state index in [1.165, 1.54) is 11.1 Å². The number of hydrazone groups is 3. The van der Waals surface area contributed by atoms with Crippen LogP contribution in [0.5, 0.6) is 0 Å². The molecule has 100 valence electrons. The minimum atomic E-state index is 0.743. The number of nitrogens with one attached hydrogen (secondary N) is 2. The van der Waals surface area contributed by atoms with Gasteiger partial charge in [-0.2, -0.15) is 20.8 Å². The molecule has 0 aromatic heterocycles. The van der Waals surface area contributed by atoms with Crippen LogP contribution in [0.3, 0.4) is 0 Å². The van der Waals surface area contributed by atoms with Crippen LogP contribution < -0.4 is 11.0 Å². The highest BCUT2D eigenvalue weighted by Crippen LogP contribution is 2.28. The molecule has 0 spiro atoms. The number of ether oxygens (including phenoxy) is 1. The van der Waals surface area contributed by atoms with Crippen molar-refractivity contribution in [3.05, 3.63) is 11.1 Å². The van der Waals surface area contributed by atoms with E-state index >= 15 is 0 Å². The van der Waals surface area contributed by atoms with Crippen molar-refractivity contribution in [3.8, 4) is 0 Å². The number of rotatable bonds is 0. The van der Waals surface area contributed by atoms with Crippen LogP contribution in [0.1, 0.15) is 12.8 Å². The molecule has 0 amide bonds. The quantitative estimate of drug-likeness (QED) is 0.624. The second kappa shape index (κ2) is 4.34. The molecule has 0 radical (unpaired) electrons. The molecular weight excluding hydrogens is 244 g/mol. The lowest BCUT2D eigenvalue weighted by Gasteiger charge is -2.30. The second-order valence-corrected chi connectivity index (χ2v) is 4.97. The lowest BCUT2D eigenvalue weighted by molar-refractivity contribution is 0.0686. The summed E-state index contributed by atoms with van der Waals surface area (Å²) in [5, 5.41) is 13.2. The van der Waals surface area contributed by atoms with Gasteiger partial charge in [0.25, 0.3) is 0 Å². The van der Waals surface area contributed by atoms with Crippen LogP contribution in [0, 0.1) is 0 Å². The van der Waals surface area contributed by atoms with Gasteiger partial charge in [-0.1, -0.05) is 0 Å². The fraction of sp³-hybridized carbons (Fsp3) is 0.583. The van der Waals surface area contributed by atoms with Crippen molar-refractivity contribution in [2.45, 2.75) is 12.8 Å². The van der Waals surface area contributed by atoms with Gasteiger partial charge in [0, 0.05) is 18.7 Å². The van der Waals surface area contributed by atoms with E-state index in [-0.39, 0.29) is 0 Å². The fourth-order valence-corrected chi connectivity index (χ4v) is 2.93. The Kier molecular flexibility index (Phi) is 2.51. The van der Waals surface area contributed by atoms with E-state index in [0.29, 0.717) is 0 Å². The van der Waals surface area contributed by atoms with Gasteiger partial charge in [0.2, 0.25) is 0 Å². The first-order valence-electron chi connectivity index (χ1n) is 6.69. The van der Waals surface area contributed by atoms with E-state index in [0.717, 1.165) is 62.9 Å². The zero-order chi connectivity index (χ0) is 12.7. The predicted molar refractivity (Wildman–Crippen MR) is 72.1 cm³/mol. The highest BCUT2D eigenvalue weighted by Gasteiger charge is 2.34. The molecule has 0 aromatic rings. The third-order valence-corrected chi connectivity index (χ3v) is 3.89. The topological polar surface area (TPSA) is 73.6 Å². The van der Waals surface area contributed by atoms with Crippen molar-refractivity contribution >= 4 is 17.3 Å². The van der Waals surface area contributed by atoms with Crippen LogP contribution in [0.2, 0.25) is 0 Å². The number of nitrogens with zero attached hydrogens (tertiary/aromatic N) is 4. The summed E-state index contributed by atoms with van der Waals surface area (Å²) in [5.41, 5.74) is 10.6. The number of hydrogen-bond donors (Lipinski definition) is 2. The number of amidine groups is 1. The van der Waals surface area contributed by atoms with Gasteiger partial charge in [0.05, 0.1) is 25.5 Å². The first-order chi connectivity index (χ1) is 9.43. The Bertz CT molecular complexity index is 526. The summed E-state index contributed by atoms with van der Waals surface area (Å²) < 4.78 is 5.40. The van der Waals surface area contributed by atoms with Crippen molar-refractivity contribution in [2.24, 2.45) is 15.3 Å². The molecule has 2 N–H and O–H groups in total. The average Bonchev–Trinajstić information content (AvgIpc) is 2.78. The number of morpholine rings is 1. The smallest absolute Gasteiger partial charge is 0.177 e. The molecule has 1 fully saturated rings. The van der Waals surface area contributed by atoms with Crippen LogP contribution in [0.25, 0.3) is 0 Å². The maximum absolute atomic E-state index is 5.40. The molecule has 0 aromatic carbocycles. The summed E-state index contributed by atoms with van der Waals surface area (Å²) in [6.07, 6.45) is 2.04. The van der Waals surface area contributed by atoms with Gasteiger partial charge in [-0.05, 0) is 18.4 Å².